The third-order valence-electron chi connectivity index (χ3n) is 1.60. The fourth-order valence-electron chi connectivity index (χ4n) is 0.891. The Morgan fingerprint density at radius 1 is 1.58 bits per heavy atom. The number of pyridine rings is 1. The first kappa shape index (κ1) is 9.42. The van der Waals surface area contributed by atoms with Gasteiger partial charge >= 0.3 is 0 Å². The molecule has 1 aromatic heterocycles. The summed E-state index contributed by atoms with van der Waals surface area (Å²) in [4.78, 5) is 3.85. The predicted octanol–water partition coefficient (Wildman–Crippen LogP) is 2.09. The van der Waals surface area contributed by atoms with Gasteiger partial charge in [0.1, 0.15) is 5.15 Å². The number of halogens is 2. The zero-order chi connectivity index (χ0) is 8.97. The van der Waals surface area contributed by atoms with Crippen LogP contribution in [0.15, 0.2) is 18.3 Å². The minimum absolute atomic E-state index is 0.278. The fourth-order valence-corrected chi connectivity index (χ4v) is 1.00. The van der Waals surface area contributed by atoms with Gasteiger partial charge in [-0.3, -0.25) is 4.39 Å². The van der Waals surface area contributed by atoms with Gasteiger partial charge in [-0.2, -0.15) is 0 Å². The normalized spacial score (nSPS) is 12.9. The van der Waals surface area contributed by atoms with Crippen LogP contribution >= 0.6 is 11.6 Å². The van der Waals surface area contributed by atoms with Crippen LogP contribution in [0.4, 0.5) is 4.39 Å². The van der Waals surface area contributed by atoms with Crippen LogP contribution in [-0.4, -0.2) is 11.7 Å². The highest BCUT2D eigenvalue weighted by Gasteiger charge is 2.04. The molecule has 1 aromatic rings. The van der Waals surface area contributed by atoms with E-state index in [4.69, 9.17) is 17.3 Å². The second-order valence-electron chi connectivity index (χ2n) is 2.50. The largest absolute Gasteiger partial charge is 0.324 e. The summed E-state index contributed by atoms with van der Waals surface area (Å²) in [7, 11) is 0. The molecular formula is C8H10ClFN2. The van der Waals surface area contributed by atoms with Gasteiger partial charge in [-0.05, 0) is 18.1 Å². The number of aromatic nitrogens is 1. The van der Waals surface area contributed by atoms with Gasteiger partial charge in [0.05, 0.1) is 6.67 Å². The van der Waals surface area contributed by atoms with Gasteiger partial charge in [-0.1, -0.05) is 17.7 Å². The lowest BCUT2D eigenvalue weighted by atomic mass is 10.1. The summed E-state index contributed by atoms with van der Waals surface area (Å²) >= 11 is 5.57. The zero-order valence-corrected chi connectivity index (χ0v) is 7.26. The van der Waals surface area contributed by atoms with E-state index in [1.807, 2.05) is 0 Å². The monoisotopic (exact) mass is 188 g/mol. The van der Waals surface area contributed by atoms with E-state index < -0.39 is 6.67 Å². The Hall–Kier alpha value is -0.670. The number of hydrogen-bond acceptors (Lipinski definition) is 2. The van der Waals surface area contributed by atoms with Crippen molar-refractivity contribution in [1.82, 2.24) is 4.98 Å². The van der Waals surface area contributed by atoms with Crippen molar-refractivity contribution in [3.8, 4) is 0 Å². The first-order valence-corrected chi connectivity index (χ1v) is 4.05. The first-order chi connectivity index (χ1) is 5.74. The van der Waals surface area contributed by atoms with Crippen molar-refractivity contribution in [2.75, 3.05) is 6.67 Å². The van der Waals surface area contributed by atoms with Gasteiger partial charge in [0.15, 0.2) is 0 Å². The summed E-state index contributed by atoms with van der Waals surface area (Å²) in [5, 5.41) is 0.422. The van der Waals surface area contributed by atoms with Crippen LogP contribution in [-0.2, 0) is 0 Å². The average molecular weight is 189 g/mol. The summed E-state index contributed by atoms with van der Waals surface area (Å²) in [5.74, 6) is 0. The minimum Gasteiger partial charge on any atom is -0.324 e. The molecule has 0 amide bonds. The molecule has 0 aliphatic rings. The molecule has 0 aliphatic carbocycles. The molecule has 1 atom stereocenters. The molecule has 12 heavy (non-hydrogen) atoms. The molecule has 0 aromatic carbocycles. The van der Waals surface area contributed by atoms with E-state index in [2.05, 4.69) is 4.98 Å². The van der Waals surface area contributed by atoms with E-state index in [0.29, 0.717) is 11.6 Å². The van der Waals surface area contributed by atoms with E-state index in [9.17, 15) is 4.39 Å². The van der Waals surface area contributed by atoms with Crippen molar-refractivity contribution in [3.63, 3.8) is 0 Å². The highest BCUT2D eigenvalue weighted by Crippen LogP contribution is 2.14. The lowest BCUT2D eigenvalue weighted by Crippen LogP contribution is -2.10. The number of alkyl halides is 1. The molecule has 0 aliphatic heterocycles. The van der Waals surface area contributed by atoms with Gasteiger partial charge in [-0.25, -0.2) is 4.98 Å². The third-order valence-corrected chi connectivity index (χ3v) is 1.82. The lowest BCUT2D eigenvalue weighted by Gasteiger charge is -2.08. The van der Waals surface area contributed by atoms with Crippen LogP contribution in [0.2, 0.25) is 5.15 Å². The molecule has 66 valence electrons. The maximum atomic E-state index is 11.9. The summed E-state index contributed by atoms with van der Waals surface area (Å²) in [6, 6.07) is 3.13. The smallest absolute Gasteiger partial charge is 0.129 e. The van der Waals surface area contributed by atoms with Gasteiger partial charge < -0.3 is 5.73 Å². The molecule has 2 N–H and O–H groups in total. The Balaban J connectivity index is 2.68. The number of hydrogen-bond donors (Lipinski definition) is 1. The van der Waals surface area contributed by atoms with E-state index in [-0.39, 0.29) is 6.04 Å². The highest BCUT2D eigenvalue weighted by atomic mass is 35.5. The highest BCUT2D eigenvalue weighted by molar-refractivity contribution is 6.29. The molecule has 0 saturated heterocycles. The maximum absolute atomic E-state index is 11.9. The Labute approximate surface area is 75.6 Å². The summed E-state index contributed by atoms with van der Waals surface area (Å²) < 4.78 is 11.9. The molecular weight excluding hydrogens is 179 g/mol. The molecule has 0 unspecified atom stereocenters. The minimum atomic E-state index is -0.413. The number of nitrogens with two attached hydrogens (primary N) is 1. The van der Waals surface area contributed by atoms with Crippen molar-refractivity contribution < 1.29 is 4.39 Å². The van der Waals surface area contributed by atoms with Crippen molar-refractivity contribution >= 4 is 11.6 Å². The van der Waals surface area contributed by atoms with Crippen molar-refractivity contribution in [2.24, 2.45) is 5.73 Å². The Kier molecular flexibility index (Phi) is 3.44. The lowest BCUT2D eigenvalue weighted by molar-refractivity contribution is 0.441. The Morgan fingerprint density at radius 3 is 2.83 bits per heavy atom. The van der Waals surface area contributed by atoms with Crippen LogP contribution in [0, 0.1) is 0 Å². The number of rotatable bonds is 3. The second kappa shape index (κ2) is 4.38. The molecule has 4 heteroatoms. The van der Waals surface area contributed by atoms with Crippen LogP contribution in [0.25, 0.3) is 0 Å². The van der Waals surface area contributed by atoms with E-state index in [1.165, 1.54) is 0 Å². The molecule has 0 saturated carbocycles. The third kappa shape index (κ3) is 2.43. The maximum Gasteiger partial charge on any atom is 0.129 e. The van der Waals surface area contributed by atoms with E-state index in [1.54, 1.807) is 18.3 Å². The fraction of sp³-hybridized carbons (Fsp3) is 0.375. The first-order valence-electron chi connectivity index (χ1n) is 3.67. The van der Waals surface area contributed by atoms with Crippen LogP contribution in [0.3, 0.4) is 0 Å². The number of nitrogens with zero attached hydrogens (tertiary/aromatic N) is 1. The predicted molar refractivity (Wildman–Crippen MR) is 46.8 cm³/mol. The molecule has 2 nitrogen and oxygen atoms in total. The summed E-state index contributed by atoms with van der Waals surface area (Å²) in [6.45, 7) is -0.413. The Bertz CT molecular complexity index is 237. The standard InChI is InChI=1S/C8H10ClFN2/c9-8-2-1-6(5-12-8)7(11)3-4-10/h1-2,5,7H,3-4,11H2/t7-/m0/s1. The molecule has 0 bridgehead atoms. The van der Waals surface area contributed by atoms with Crippen LogP contribution in [0.1, 0.15) is 18.0 Å². The van der Waals surface area contributed by atoms with E-state index in [0.717, 1.165) is 5.56 Å². The SMILES string of the molecule is N[C@@H](CCF)c1ccc(Cl)nc1. The Morgan fingerprint density at radius 2 is 2.33 bits per heavy atom. The van der Waals surface area contributed by atoms with Crippen molar-refractivity contribution in [1.29, 1.82) is 0 Å². The molecule has 0 spiro atoms. The van der Waals surface area contributed by atoms with Gasteiger partial charge in [0.2, 0.25) is 0 Å². The van der Waals surface area contributed by atoms with Gasteiger partial charge in [0.25, 0.3) is 0 Å². The van der Waals surface area contributed by atoms with E-state index >= 15 is 0 Å². The average Bonchev–Trinajstić information content (AvgIpc) is 2.06. The topological polar surface area (TPSA) is 38.9 Å². The molecule has 1 heterocycles. The quantitative estimate of drug-likeness (QED) is 0.738. The molecule has 0 radical (unpaired) electrons. The summed E-state index contributed by atoms with van der Waals surface area (Å²) in [5.41, 5.74) is 6.45. The molecule has 0 fully saturated rings. The van der Waals surface area contributed by atoms with Crippen LogP contribution < -0.4 is 5.73 Å². The van der Waals surface area contributed by atoms with Crippen molar-refractivity contribution in [3.05, 3.63) is 29.0 Å². The van der Waals surface area contributed by atoms with Crippen molar-refractivity contribution in [2.45, 2.75) is 12.5 Å². The van der Waals surface area contributed by atoms with Crippen LogP contribution in [0.5, 0.6) is 0 Å². The molecule has 1 rings (SSSR count). The second-order valence-corrected chi connectivity index (χ2v) is 2.89. The van der Waals surface area contributed by atoms with Gasteiger partial charge in [-0.15, -0.1) is 0 Å². The summed E-state index contributed by atoms with van der Waals surface area (Å²) in [6.07, 6.45) is 1.89. The van der Waals surface area contributed by atoms with Gasteiger partial charge in [0, 0.05) is 12.2 Å². The zero-order valence-electron chi connectivity index (χ0n) is 6.50.